The van der Waals surface area contributed by atoms with Gasteiger partial charge in [-0.15, -0.1) is 0 Å². The van der Waals surface area contributed by atoms with Crippen LogP contribution in [0.2, 0.25) is 10.0 Å². The van der Waals surface area contributed by atoms with E-state index in [0.29, 0.717) is 13.1 Å². The minimum atomic E-state index is -4.00. The highest BCUT2D eigenvalue weighted by atomic mass is 35.5. The third kappa shape index (κ3) is 3.09. The van der Waals surface area contributed by atoms with Crippen molar-refractivity contribution in [1.82, 2.24) is 4.31 Å². The molecule has 0 spiro atoms. The highest BCUT2D eigenvalue weighted by Gasteiger charge is 2.35. The smallest absolute Gasteiger partial charge is 0.324 e. The first-order chi connectivity index (χ1) is 12.2. The molecule has 1 fully saturated rings. The van der Waals surface area contributed by atoms with Gasteiger partial charge in [-0.2, -0.15) is 4.31 Å². The fourth-order valence-corrected chi connectivity index (χ4v) is 4.94. The molecule has 138 valence electrons. The number of para-hydroxylation sites is 1. The molecular formula is C16H15Cl2N3O4S. The zero-order chi connectivity index (χ0) is 19.1. The van der Waals surface area contributed by atoms with E-state index < -0.39 is 26.7 Å². The van der Waals surface area contributed by atoms with Crippen molar-refractivity contribution in [3.63, 3.8) is 0 Å². The standard InChI is InChI=1S/C16H15Cl2N3O4S/c17-10-4-1-2-5-12(10)21(16(19)23)13-7-6-11(18)15(14(13)22)26(24,25)20-8-3-9-20/h1-2,4-7,22H,3,8-9H2,(H2,19,23). The summed E-state index contributed by atoms with van der Waals surface area (Å²) in [5, 5.41) is 10.7. The Hall–Kier alpha value is -2.00. The lowest BCUT2D eigenvalue weighted by molar-refractivity contribution is 0.256. The number of primary amides is 1. The Bertz CT molecular complexity index is 977. The van der Waals surface area contributed by atoms with E-state index in [2.05, 4.69) is 0 Å². The highest BCUT2D eigenvalue weighted by molar-refractivity contribution is 7.89. The summed E-state index contributed by atoms with van der Waals surface area (Å²) in [7, 11) is -4.00. The summed E-state index contributed by atoms with van der Waals surface area (Å²) < 4.78 is 26.6. The lowest BCUT2D eigenvalue weighted by Crippen LogP contribution is -2.42. The van der Waals surface area contributed by atoms with E-state index in [1.165, 1.54) is 28.6 Å². The molecule has 0 radical (unpaired) electrons. The van der Waals surface area contributed by atoms with Crippen LogP contribution < -0.4 is 10.6 Å². The molecule has 1 aliphatic rings. The van der Waals surface area contributed by atoms with Gasteiger partial charge in [-0.05, 0) is 30.7 Å². The molecule has 1 aliphatic heterocycles. The van der Waals surface area contributed by atoms with Crippen LogP contribution in [0.25, 0.3) is 0 Å². The second kappa shape index (κ2) is 6.96. The topological polar surface area (TPSA) is 104 Å². The Kier molecular flexibility index (Phi) is 5.03. The first-order valence-corrected chi connectivity index (χ1v) is 9.80. The van der Waals surface area contributed by atoms with Gasteiger partial charge in [0.05, 0.1) is 21.4 Å². The van der Waals surface area contributed by atoms with E-state index in [0.717, 1.165) is 11.3 Å². The number of carbonyl (C=O) groups excluding carboxylic acids is 1. The fourth-order valence-electron chi connectivity index (χ4n) is 2.62. The van der Waals surface area contributed by atoms with Crippen LogP contribution in [0.3, 0.4) is 0 Å². The summed E-state index contributed by atoms with van der Waals surface area (Å²) >= 11 is 12.2. The molecule has 0 saturated carbocycles. The molecule has 2 amide bonds. The van der Waals surface area contributed by atoms with Gasteiger partial charge in [-0.25, -0.2) is 13.2 Å². The molecule has 7 nitrogen and oxygen atoms in total. The van der Waals surface area contributed by atoms with E-state index in [4.69, 9.17) is 28.9 Å². The predicted molar refractivity (Wildman–Crippen MR) is 99.7 cm³/mol. The van der Waals surface area contributed by atoms with Crippen LogP contribution in [0, 0.1) is 0 Å². The molecule has 10 heteroatoms. The maximum absolute atomic E-state index is 12.7. The Morgan fingerprint density at radius 3 is 2.27 bits per heavy atom. The van der Waals surface area contributed by atoms with E-state index in [9.17, 15) is 18.3 Å². The summed E-state index contributed by atoms with van der Waals surface area (Å²) in [6, 6.07) is 8.00. The molecule has 3 N–H and O–H groups in total. The number of sulfonamides is 1. The van der Waals surface area contributed by atoms with Gasteiger partial charge in [-0.3, -0.25) is 4.90 Å². The number of aromatic hydroxyl groups is 1. The van der Waals surface area contributed by atoms with Crippen LogP contribution in [-0.4, -0.2) is 37.0 Å². The van der Waals surface area contributed by atoms with Crippen molar-refractivity contribution in [1.29, 1.82) is 0 Å². The largest absolute Gasteiger partial charge is 0.504 e. The summed E-state index contributed by atoms with van der Waals surface area (Å²) in [6.07, 6.45) is 0.727. The molecule has 3 rings (SSSR count). The lowest BCUT2D eigenvalue weighted by Gasteiger charge is -2.31. The number of anilines is 2. The van der Waals surface area contributed by atoms with Gasteiger partial charge in [0.2, 0.25) is 10.0 Å². The van der Waals surface area contributed by atoms with Gasteiger partial charge >= 0.3 is 6.03 Å². The molecule has 1 saturated heterocycles. The van der Waals surface area contributed by atoms with E-state index in [1.54, 1.807) is 12.1 Å². The molecule has 0 aliphatic carbocycles. The monoisotopic (exact) mass is 415 g/mol. The zero-order valence-electron chi connectivity index (χ0n) is 13.4. The molecule has 0 unspecified atom stereocenters. The minimum Gasteiger partial charge on any atom is -0.504 e. The van der Waals surface area contributed by atoms with Crippen molar-refractivity contribution < 1.29 is 18.3 Å². The number of hydrogen-bond acceptors (Lipinski definition) is 4. The van der Waals surface area contributed by atoms with Crippen molar-refractivity contribution in [2.75, 3.05) is 18.0 Å². The van der Waals surface area contributed by atoms with E-state index in [1.807, 2.05) is 0 Å². The van der Waals surface area contributed by atoms with Crippen molar-refractivity contribution in [2.24, 2.45) is 5.73 Å². The van der Waals surface area contributed by atoms with Crippen molar-refractivity contribution in [2.45, 2.75) is 11.3 Å². The molecule has 2 aromatic rings. The van der Waals surface area contributed by atoms with Crippen molar-refractivity contribution >= 4 is 50.6 Å². The van der Waals surface area contributed by atoms with Gasteiger partial charge in [0.25, 0.3) is 0 Å². The van der Waals surface area contributed by atoms with Gasteiger partial charge in [0, 0.05) is 13.1 Å². The minimum absolute atomic E-state index is 0.130. The van der Waals surface area contributed by atoms with Gasteiger partial charge < -0.3 is 10.8 Å². The number of benzene rings is 2. The van der Waals surface area contributed by atoms with Crippen LogP contribution in [0.4, 0.5) is 16.2 Å². The molecule has 0 aromatic heterocycles. The van der Waals surface area contributed by atoms with E-state index >= 15 is 0 Å². The van der Waals surface area contributed by atoms with Crippen LogP contribution in [0.1, 0.15) is 6.42 Å². The summed E-state index contributed by atoms with van der Waals surface area (Å²) in [6.45, 7) is 0.679. The fraction of sp³-hybridized carbons (Fsp3) is 0.188. The summed E-state index contributed by atoms with van der Waals surface area (Å²) in [4.78, 5) is 12.5. The normalized spacial score (nSPS) is 14.7. The molecule has 26 heavy (non-hydrogen) atoms. The number of phenolic OH excluding ortho intramolecular Hbond substituents is 1. The lowest BCUT2D eigenvalue weighted by atomic mass is 10.2. The molecule has 0 atom stereocenters. The number of carbonyl (C=O) groups is 1. The first kappa shape index (κ1) is 18.8. The van der Waals surface area contributed by atoms with Crippen LogP contribution in [0.5, 0.6) is 5.75 Å². The average molecular weight is 416 g/mol. The van der Waals surface area contributed by atoms with Gasteiger partial charge in [0.15, 0.2) is 5.75 Å². The van der Waals surface area contributed by atoms with Crippen molar-refractivity contribution in [3.8, 4) is 5.75 Å². The number of urea groups is 1. The number of phenols is 1. The SMILES string of the molecule is NC(=O)N(c1ccccc1Cl)c1ccc(Cl)c(S(=O)(=O)N2CCC2)c1O. The van der Waals surface area contributed by atoms with Crippen LogP contribution in [-0.2, 0) is 10.0 Å². The Labute approximate surface area is 160 Å². The third-order valence-electron chi connectivity index (χ3n) is 4.03. The van der Waals surface area contributed by atoms with Crippen LogP contribution in [0.15, 0.2) is 41.3 Å². The average Bonchev–Trinajstić information content (AvgIpc) is 2.48. The second-order valence-corrected chi connectivity index (χ2v) is 8.32. The number of amides is 2. The number of nitrogens with zero attached hydrogens (tertiary/aromatic N) is 2. The summed E-state index contributed by atoms with van der Waals surface area (Å²) in [5.41, 5.74) is 5.53. The number of halogens is 2. The predicted octanol–water partition coefficient (Wildman–Crippen LogP) is 3.31. The maximum Gasteiger partial charge on any atom is 0.324 e. The quantitative estimate of drug-likeness (QED) is 0.798. The molecule has 2 aromatic carbocycles. The Morgan fingerprint density at radius 1 is 1.08 bits per heavy atom. The van der Waals surface area contributed by atoms with Gasteiger partial charge in [0.1, 0.15) is 4.90 Å². The number of nitrogens with two attached hydrogens (primary N) is 1. The zero-order valence-corrected chi connectivity index (χ0v) is 15.7. The first-order valence-electron chi connectivity index (χ1n) is 7.61. The molecule has 0 bridgehead atoms. The Balaban J connectivity index is 2.21. The van der Waals surface area contributed by atoms with Gasteiger partial charge in [-0.1, -0.05) is 35.3 Å². The number of rotatable bonds is 4. The van der Waals surface area contributed by atoms with Crippen LogP contribution >= 0.6 is 23.2 Å². The third-order valence-corrected chi connectivity index (χ3v) is 6.75. The molecular weight excluding hydrogens is 401 g/mol. The number of hydrogen-bond donors (Lipinski definition) is 2. The second-order valence-electron chi connectivity index (χ2n) is 5.63. The Morgan fingerprint density at radius 2 is 1.73 bits per heavy atom. The maximum atomic E-state index is 12.7. The summed E-state index contributed by atoms with van der Waals surface area (Å²) in [5.74, 6) is -0.664. The highest BCUT2D eigenvalue weighted by Crippen LogP contribution is 2.44. The van der Waals surface area contributed by atoms with E-state index in [-0.39, 0.29) is 21.4 Å². The molecule has 1 heterocycles. The van der Waals surface area contributed by atoms with Crippen molar-refractivity contribution in [3.05, 3.63) is 46.4 Å².